The molecular weight excluding hydrogens is 241 g/mol. The topological polar surface area (TPSA) is 24.9 Å². The van der Waals surface area contributed by atoms with E-state index >= 15 is 0 Å². The minimum absolute atomic E-state index is 0.0894. The molecule has 0 aliphatic heterocycles. The number of nitrogens with zero attached hydrogens (tertiary/aromatic N) is 1. The summed E-state index contributed by atoms with van der Waals surface area (Å²) >= 11 is 0. The zero-order valence-electron chi connectivity index (χ0n) is 10.5. The Kier molecular flexibility index (Phi) is 6.12. The van der Waals surface area contributed by atoms with Crippen LogP contribution in [-0.2, 0) is 0 Å². The molecule has 0 spiro atoms. The molecule has 0 saturated heterocycles. The average molecular weight is 260 g/mol. The number of hydrogen-bond acceptors (Lipinski definition) is 2. The van der Waals surface area contributed by atoms with E-state index in [2.05, 4.69) is 10.3 Å². The van der Waals surface area contributed by atoms with Gasteiger partial charge in [-0.25, -0.2) is 0 Å². The molecule has 1 unspecified atom stereocenters. The van der Waals surface area contributed by atoms with Crippen molar-refractivity contribution in [3.05, 3.63) is 30.1 Å². The first-order chi connectivity index (χ1) is 8.53. The number of hydrogen-bond donors (Lipinski definition) is 1. The van der Waals surface area contributed by atoms with Crippen LogP contribution in [0.5, 0.6) is 0 Å². The van der Waals surface area contributed by atoms with E-state index in [1.54, 1.807) is 12.3 Å². The molecule has 0 aliphatic carbocycles. The zero-order chi connectivity index (χ0) is 13.4. The highest BCUT2D eigenvalue weighted by Crippen LogP contribution is 2.25. The summed E-state index contributed by atoms with van der Waals surface area (Å²) in [7, 11) is 0. The van der Waals surface area contributed by atoms with Gasteiger partial charge in [-0.15, -0.1) is 0 Å². The number of nitrogens with one attached hydrogen (secondary N) is 1. The second-order valence-electron chi connectivity index (χ2n) is 4.27. The standard InChI is InChI=1S/C13H19F3N2/c1-2-9-17-12(7-5-8-13(14,15)16)11-6-3-4-10-18-11/h3-4,6,10,12,17H,2,5,7-9H2,1H3. The van der Waals surface area contributed by atoms with Crippen LogP contribution < -0.4 is 5.32 Å². The summed E-state index contributed by atoms with van der Waals surface area (Å²) in [6, 6.07) is 5.41. The van der Waals surface area contributed by atoms with Gasteiger partial charge in [0.2, 0.25) is 0 Å². The summed E-state index contributed by atoms with van der Waals surface area (Å²) in [6.07, 6.45) is -1.61. The first-order valence-electron chi connectivity index (χ1n) is 6.24. The molecule has 1 N–H and O–H groups in total. The summed E-state index contributed by atoms with van der Waals surface area (Å²) < 4.78 is 36.4. The van der Waals surface area contributed by atoms with Gasteiger partial charge in [0.05, 0.1) is 5.69 Å². The summed E-state index contributed by atoms with van der Waals surface area (Å²) in [4.78, 5) is 4.20. The molecule has 5 heteroatoms. The summed E-state index contributed by atoms with van der Waals surface area (Å²) in [5.74, 6) is 0. The molecule has 2 nitrogen and oxygen atoms in total. The molecule has 0 aliphatic rings. The monoisotopic (exact) mass is 260 g/mol. The molecule has 0 fully saturated rings. The minimum Gasteiger partial charge on any atom is -0.309 e. The quantitative estimate of drug-likeness (QED) is 0.805. The normalized spacial score (nSPS) is 13.6. The lowest BCUT2D eigenvalue weighted by Gasteiger charge is -2.18. The van der Waals surface area contributed by atoms with Crippen molar-refractivity contribution in [2.24, 2.45) is 0 Å². The van der Waals surface area contributed by atoms with Gasteiger partial charge in [-0.2, -0.15) is 13.2 Å². The second-order valence-corrected chi connectivity index (χ2v) is 4.27. The Morgan fingerprint density at radius 2 is 2.11 bits per heavy atom. The summed E-state index contributed by atoms with van der Waals surface area (Å²) in [5, 5.41) is 3.24. The summed E-state index contributed by atoms with van der Waals surface area (Å²) in [5.41, 5.74) is 0.813. The third-order valence-corrected chi connectivity index (χ3v) is 2.64. The van der Waals surface area contributed by atoms with Gasteiger partial charge in [0.1, 0.15) is 0 Å². The van der Waals surface area contributed by atoms with Crippen molar-refractivity contribution in [2.45, 2.75) is 44.8 Å². The van der Waals surface area contributed by atoms with E-state index in [0.717, 1.165) is 18.7 Å². The molecule has 0 saturated carbocycles. The van der Waals surface area contributed by atoms with Crippen LogP contribution in [0.15, 0.2) is 24.4 Å². The van der Waals surface area contributed by atoms with Crippen molar-refractivity contribution in [1.29, 1.82) is 0 Å². The fourth-order valence-electron chi connectivity index (χ4n) is 1.76. The Morgan fingerprint density at radius 1 is 1.33 bits per heavy atom. The third-order valence-electron chi connectivity index (χ3n) is 2.64. The van der Waals surface area contributed by atoms with Gasteiger partial charge < -0.3 is 5.32 Å². The van der Waals surface area contributed by atoms with Crippen LogP contribution in [0.4, 0.5) is 13.2 Å². The minimum atomic E-state index is -4.07. The fraction of sp³-hybridized carbons (Fsp3) is 0.615. The molecular formula is C13H19F3N2. The van der Waals surface area contributed by atoms with Gasteiger partial charge in [-0.05, 0) is 37.9 Å². The van der Waals surface area contributed by atoms with Gasteiger partial charge >= 0.3 is 6.18 Å². The number of aromatic nitrogens is 1. The molecule has 1 atom stereocenters. The lowest BCUT2D eigenvalue weighted by Crippen LogP contribution is -2.23. The molecule has 1 aromatic rings. The highest BCUT2D eigenvalue weighted by molar-refractivity contribution is 5.08. The van der Waals surface area contributed by atoms with Crippen LogP contribution in [0, 0.1) is 0 Å². The average Bonchev–Trinajstić information content (AvgIpc) is 2.33. The number of alkyl halides is 3. The molecule has 0 amide bonds. The van der Waals surface area contributed by atoms with Gasteiger partial charge in [0.25, 0.3) is 0 Å². The number of rotatable bonds is 7. The maximum absolute atomic E-state index is 12.1. The molecule has 0 aromatic carbocycles. The van der Waals surface area contributed by atoms with Crippen molar-refractivity contribution >= 4 is 0 Å². The van der Waals surface area contributed by atoms with Crippen LogP contribution >= 0.6 is 0 Å². The zero-order valence-corrected chi connectivity index (χ0v) is 10.5. The predicted octanol–water partition coefficient (Wildman–Crippen LogP) is 3.85. The SMILES string of the molecule is CCCNC(CCCC(F)(F)F)c1ccccn1. The molecule has 1 aromatic heterocycles. The molecule has 1 heterocycles. The molecule has 1 rings (SSSR count). The van der Waals surface area contributed by atoms with E-state index in [0.29, 0.717) is 6.42 Å². The van der Waals surface area contributed by atoms with Gasteiger partial charge in [-0.3, -0.25) is 4.98 Å². The highest BCUT2D eigenvalue weighted by atomic mass is 19.4. The van der Waals surface area contributed by atoms with Crippen LogP contribution in [0.25, 0.3) is 0 Å². The lowest BCUT2D eigenvalue weighted by atomic mass is 10.1. The second kappa shape index (κ2) is 7.36. The van der Waals surface area contributed by atoms with Crippen molar-refractivity contribution in [3.63, 3.8) is 0 Å². The molecule has 18 heavy (non-hydrogen) atoms. The van der Waals surface area contributed by atoms with Crippen molar-refractivity contribution < 1.29 is 13.2 Å². The molecule has 102 valence electrons. The fourth-order valence-corrected chi connectivity index (χ4v) is 1.76. The van der Waals surface area contributed by atoms with Crippen LogP contribution in [-0.4, -0.2) is 17.7 Å². The van der Waals surface area contributed by atoms with E-state index in [4.69, 9.17) is 0 Å². The first-order valence-corrected chi connectivity index (χ1v) is 6.24. The summed E-state index contributed by atoms with van der Waals surface area (Å²) in [6.45, 7) is 2.81. The lowest BCUT2D eigenvalue weighted by molar-refractivity contribution is -0.135. The number of pyridine rings is 1. The van der Waals surface area contributed by atoms with E-state index in [1.165, 1.54) is 0 Å². The van der Waals surface area contributed by atoms with Crippen molar-refractivity contribution in [1.82, 2.24) is 10.3 Å². The smallest absolute Gasteiger partial charge is 0.309 e. The Labute approximate surface area is 106 Å². The van der Waals surface area contributed by atoms with Crippen LogP contribution in [0.3, 0.4) is 0 Å². The molecule has 0 radical (unpaired) electrons. The van der Waals surface area contributed by atoms with E-state index in [9.17, 15) is 13.2 Å². The van der Waals surface area contributed by atoms with Crippen molar-refractivity contribution in [2.75, 3.05) is 6.54 Å². The van der Waals surface area contributed by atoms with Crippen LogP contribution in [0.2, 0.25) is 0 Å². The van der Waals surface area contributed by atoms with Crippen LogP contribution in [0.1, 0.15) is 44.3 Å². The maximum Gasteiger partial charge on any atom is 0.389 e. The Balaban J connectivity index is 2.51. The predicted molar refractivity (Wildman–Crippen MR) is 65.2 cm³/mol. The Morgan fingerprint density at radius 3 is 2.67 bits per heavy atom. The van der Waals surface area contributed by atoms with E-state index in [-0.39, 0.29) is 12.5 Å². The van der Waals surface area contributed by atoms with Gasteiger partial charge in [-0.1, -0.05) is 13.0 Å². The first kappa shape index (κ1) is 15.0. The highest BCUT2D eigenvalue weighted by Gasteiger charge is 2.26. The number of halogens is 3. The van der Waals surface area contributed by atoms with E-state index in [1.807, 2.05) is 19.1 Å². The Bertz CT molecular complexity index is 325. The largest absolute Gasteiger partial charge is 0.389 e. The van der Waals surface area contributed by atoms with E-state index < -0.39 is 12.6 Å². The van der Waals surface area contributed by atoms with Crippen molar-refractivity contribution in [3.8, 4) is 0 Å². The van der Waals surface area contributed by atoms with Gasteiger partial charge in [0.15, 0.2) is 0 Å². The van der Waals surface area contributed by atoms with Gasteiger partial charge in [0, 0.05) is 18.7 Å². The molecule has 0 bridgehead atoms. The maximum atomic E-state index is 12.1. The third kappa shape index (κ3) is 6.00. The Hall–Kier alpha value is -1.10.